The van der Waals surface area contributed by atoms with Crippen LogP contribution < -0.4 is 15.0 Å². The summed E-state index contributed by atoms with van der Waals surface area (Å²) in [5, 5.41) is 11.6. The maximum absolute atomic E-state index is 13.0. The number of benzene rings is 2. The molecule has 4 aromatic rings. The number of carbonyl (C=O) groups is 1. The fourth-order valence-corrected chi connectivity index (χ4v) is 5.97. The predicted octanol–water partition coefficient (Wildman–Crippen LogP) is 4.36. The normalized spacial score (nSPS) is 22.8. The monoisotopic (exact) mass is 516 g/mol. The molecule has 1 saturated carbocycles. The number of likely N-dealkylation sites (N-methyl/N-ethyl adjacent to an activating group) is 1. The van der Waals surface area contributed by atoms with Crippen molar-refractivity contribution in [1.82, 2.24) is 20.1 Å². The van der Waals surface area contributed by atoms with Crippen LogP contribution in [0, 0.1) is 0 Å². The van der Waals surface area contributed by atoms with Gasteiger partial charge in [-0.05, 0) is 61.0 Å². The van der Waals surface area contributed by atoms with Gasteiger partial charge in [-0.3, -0.25) is 9.89 Å². The van der Waals surface area contributed by atoms with Gasteiger partial charge in [-0.1, -0.05) is 12.1 Å². The van der Waals surface area contributed by atoms with E-state index in [9.17, 15) is 13.6 Å². The number of pyridine rings is 1. The van der Waals surface area contributed by atoms with Gasteiger partial charge in [0.05, 0.1) is 10.9 Å². The average Bonchev–Trinajstić information content (AvgIpc) is 3.44. The molecule has 2 aliphatic heterocycles. The van der Waals surface area contributed by atoms with Gasteiger partial charge in [-0.15, -0.1) is 0 Å². The lowest BCUT2D eigenvalue weighted by Gasteiger charge is -2.33. The van der Waals surface area contributed by atoms with Crippen LogP contribution in [0.1, 0.15) is 23.5 Å². The SMILES string of the molecule is CN1CCN(c2ccc(-c3n[nH]c4cc(C5CC56C(=O)Nc5ccc(OC(F)F)cc56)ccc34)cn2)CC1. The number of aromatic amines is 1. The van der Waals surface area contributed by atoms with E-state index in [1.165, 1.54) is 6.07 Å². The summed E-state index contributed by atoms with van der Waals surface area (Å²) in [6, 6.07) is 14.8. The van der Waals surface area contributed by atoms with Crippen LogP contribution in [0.4, 0.5) is 20.3 Å². The number of fused-ring (bicyclic) bond motifs is 3. The van der Waals surface area contributed by atoms with Gasteiger partial charge in [-0.25, -0.2) is 4.98 Å². The summed E-state index contributed by atoms with van der Waals surface area (Å²) in [6.45, 7) is 1.05. The summed E-state index contributed by atoms with van der Waals surface area (Å²) < 4.78 is 30.1. The Kier molecular flexibility index (Phi) is 5.16. The van der Waals surface area contributed by atoms with Gasteiger partial charge in [0.25, 0.3) is 0 Å². The molecule has 1 amide bonds. The van der Waals surface area contributed by atoms with E-state index in [1.807, 2.05) is 30.5 Å². The third kappa shape index (κ3) is 3.62. The second-order valence-corrected chi connectivity index (χ2v) is 10.3. The molecule has 3 aliphatic rings. The Morgan fingerprint density at radius 2 is 1.92 bits per heavy atom. The Morgan fingerprint density at radius 1 is 1.08 bits per heavy atom. The molecule has 38 heavy (non-hydrogen) atoms. The largest absolute Gasteiger partial charge is 0.435 e. The number of carbonyl (C=O) groups excluding carboxylic acids is 1. The zero-order valence-corrected chi connectivity index (χ0v) is 20.7. The first-order valence-corrected chi connectivity index (χ1v) is 12.7. The summed E-state index contributed by atoms with van der Waals surface area (Å²) >= 11 is 0. The van der Waals surface area contributed by atoms with Crippen molar-refractivity contribution in [2.75, 3.05) is 43.4 Å². The van der Waals surface area contributed by atoms with Crippen LogP contribution in [0.2, 0.25) is 0 Å². The van der Waals surface area contributed by atoms with E-state index in [1.54, 1.807) is 12.1 Å². The molecule has 1 saturated heterocycles. The molecule has 8 nitrogen and oxygen atoms in total. The van der Waals surface area contributed by atoms with Gasteiger partial charge in [0.15, 0.2) is 0 Å². The summed E-state index contributed by atoms with van der Waals surface area (Å²) in [6.07, 6.45) is 2.47. The third-order valence-corrected chi connectivity index (χ3v) is 8.15. The van der Waals surface area contributed by atoms with Crippen LogP contribution in [0.15, 0.2) is 54.7 Å². The summed E-state index contributed by atoms with van der Waals surface area (Å²) in [5.41, 5.74) is 4.22. The number of rotatable bonds is 5. The zero-order valence-electron chi connectivity index (χ0n) is 20.7. The second kappa shape index (κ2) is 8.49. The lowest BCUT2D eigenvalue weighted by atomic mass is 9.91. The van der Waals surface area contributed by atoms with Crippen molar-refractivity contribution in [3.8, 4) is 17.0 Å². The fraction of sp³-hybridized carbons (Fsp3) is 0.321. The second-order valence-electron chi connectivity index (χ2n) is 10.3. The van der Waals surface area contributed by atoms with Crippen molar-refractivity contribution in [1.29, 1.82) is 0 Å². The van der Waals surface area contributed by atoms with Gasteiger partial charge in [0.1, 0.15) is 17.3 Å². The summed E-state index contributed by atoms with van der Waals surface area (Å²) in [7, 11) is 2.13. The molecular weight excluding hydrogens is 490 g/mol. The molecule has 2 aromatic heterocycles. The highest BCUT2D eigenvalue weighted by atomic mass is 19.3. The molecule has 0 bridgehead atoms. The highest BCUT2D eigenvalue weighted by molar-refractivity contribution is 6.10. The molecule has 7 rings (SSSR count). The first-order valence-electron chi connectivity index (χ1n) is 12.7. The van der Waals surface area contributed by atoms with E-state index in [0.29, 0.717) is 17.7 Å². The van der Waals surface area contributed by atoms with Crippen LogP contribution in [0.3, 0.4) is 0 Å². The van der Waals surface area contributed by atoms with Crippen LogP contribution in [-0.4, -0.2) is 65.8 Å². The molecule has 1 spiro atoms. The number of H-pyrrole nitrogens is 1. The minimum Gasteiger partial charge on any atom is -0.435 e. The van der Waals surface area contributed by atoms with Crippen molar-refractivity contribution in [3.05, 3.63) is 65.9 Å². The molecule has 194 valence electrons. The number of hydrogen-bond donors (Lipinski definition) is 2. The Balaban J connectivity index is 1.15. The maximum Gasteiger partial charge on any atom is 0.387 e. The minimum atomic E-state index is -2.92. The Labute approximate surface area is 217 Å². The first-order chi connectivity index (χ1) is 18.4. The fourth-order valence-electron chi connectivity index (χ4n) is 5.97. The third-order valence-electron chi connectivity index (χ3n) is 8.15. The van der Waals surface area contributed by atoms with Gasteiger partial charge in [-0.2, -0.15) is 13.9 Å². The molecule has 0 radical (unpaired) electrons. The highest BCUT2D eigenvalue weighted by Gasteiger charge is 2.65. The number of ether oxygens (including phenoxy) is 1. The van der Waals surface area contributed by atoms with Crippen molar-refractivity contribution < 1.29 is 18.3 Å². The van der Waals surface area contributed by atoms with E-state index in [0.717, 1.165) is 59.7 Å². The lowest BCUT2D eigenvalue weighted by molar-refractivity contribution is -0.118. The average molecular weight is 517 g/mol. The van der Waals surface area contributed by atoms with Crippen LogP contribution >= 0.6 is 0 Å². The number of nitrogens with zero attached hydrogens (tertiary/aromatic N) is 4. The van der Waals surface area contributed by atoms with E-state index >= 15 is 0 Å². The Bertz CT molecular complexity index is 1550. The van der Waals surface area contributed by atoms with E-state index in [2.05, 4.69) is 43.2 Å². The molecule has 10 heteroatoms. The lowest BCUT2D eigenvalue weighted by Crippen LogP contribution is -2.44. The first kappa shape index (κ1) is 23.1. The Hall–Kier alpha value is -4.05. The van der Waals surface area contributed by atoms with Crippen LogP contribution in [0.25, 0.3) is 22.2 Å². The maximum atomic E-state index is 13.0. The topological polar surface area (TPSA) is 86.4 Å². The van der Waals surface area contributed by atoms with Crippen LogP contribution in [0.5, 0.6) is 5.75 Å². The number of amides is 1. The van der Waals surface area contributed by atoms with E-state index in [4.69, 9.17) is 4.98 Å². The number of halogens is 2. The molecule has 2 fully saturated rings. The molecule has 2 N–H and O–H groups in total. The van der Waals surface area contributed by atoms with Crippen molar-refractivity contribution in [2.45, 2.75) is 24.4 Å². The standard InChI is InChI=1S/C28H26F2N6O2/c1-35-8-10-36(11-9-35)24-7-3-17(15-31-24)25-19-5-2-16(12-23(19)33-34-25)21-14-28(21)20-13-18(38-27(29)30)4-6-22(20)32-26(28)37/h2-7,12-13,15,21,27H,8-11,14H2,1H3,(H,32,37)(H,33,34). The molecular formula is C28H26F2N6O2. The van der Waals surface area contributed by atoms with Gasteiger partial charge in [0, 0.05) is 54.9 Å². The quantitative estimate of drug-likeness (QED) is 0.410. The van der Waals surface area contributed by atoms with Crippen molar-refractivity contribution >= 4 is 28.3 Å². The van der Waals surface area contributed by atoms with Gasteiger partial charge < -0.3 is 19.9 Å². The van der Waals surface area contributed by atoms with Gasteiger partial charge >= 0.3 is 6.61 Å². The highest BCUT2D eigenvalue weighted by Crippen LogP contribution is 2.65. The van der Waals surface area contributed by atoms with Gasteiger partial charge in [0.2, 0.25) is 5.91 Å². The number of anilines is 2. The summed E-state index contributed by atoms with van der Waals surface area (Å²) in [5.74, 6) is 0.858. The number of nitrogens with one attached hydrogen (secondary N) is 2. The minimum absolute atomic E-state index is 0.0567. The molecule has 2 atom stereocenters. The van der Waals surface area contributed by atoms with Crippen molar-refractivity contribution in [2.24, 2.45) is 0 Å². The zero-order chi connectivity index (χ0) is 26.0. The molecule has 2 unspecified atom stereocenters. The molecule has 4 heterocycles. The smallest absolute Gasteiger partial charge is 0.387 e. The number of hydrogen-bond acceptors (Lipinski definition) is 6. The summed E-state index contributed by atoms with van der Waals surface area (Å²) in [4.78, 5) is 22.3. The predicted molar refractivity (Wildman–Crippen MR) is 140 cm³/mol. The number of aromatic nitrogens is 3. The van der Waals surface area contributed by atoms with Crippen LogP contribution in [-0.2, 0) is 10.2 Å². The van der Waals surface area contributed by atoms with E-state index < -0.39 is 12.0 Å². The Morgan fingerprint density at radius 3 is 2.68 bits per heavy atom. The number of piperazine rings is 1. The van der Waals surface area contributed by atoms with E-state index in [-0.39, 0.29) is 17.6 Å². The van der Waals surface area contributed by atoms with Crippen molar-refractivity contribution in [3.63, 3.8) is 0 Å². The molecule has 2 aromatic carbocycles. The number of alkyl halides is 2. The molecule has 1 aliphatic carbocycles.